The first-order chi connectivity index (χ1) is 16.5. The van der Waals surface area contributed by atoms with E-state index in [1.807, 2.05) is 79.4 Å². The van der Waals surface area contributed by atoms with Crippen LogP contribution in [0, 0.1) is 13.8 Å². The highest BCUT2D eigenvalue weighted by molar-refractivity contribution is 6.31. The van der Waals surface area contributed by atoms with Crippen molar-refractivity contribution in [1.29, 1.82) is 0 Å². The Labute approximate surface area is 205 Å². The van der Waals surface area contributed by atoms with Crippen molar-refractivity contribution in [2.75, 3.05) is 31.1 Å². The second kappa shape index (κ2) is 9.43. The summed E-state index contributed by atoms with van der Waals surface area (Å²) in [6, 6.07) is 22.0. The zero-order valence-electron chi connectivity index (χ0n) is 19.5. The Kier molecular flexibility index (Phi) is 6.20. The molecule has 6 heteroatoms. The van der Waals surface area contributed by atoms with E-state index in [-0.39, 0.29) is 5.91 Å². The number of rotatable bonds is 4. The number of nitrogens with zero attached hydrogens (tertiary/aromatic N) is 4. The summed E-state index contributed by atoms with van der Waals surface area (Å²) >= 11 is 6.45. The van der Waals surface area contributed by atoms with Gasteiger partial charge in [0.15, 0.2) is 0 Å². The molecule has 5 nitrogen and oxygen atoms in total. The zero-order chi connectivity index (χ0) is 23.7. The average Bonchev–Trinajstić information content (AvgIpc) is 2.86. The van der Waals surface area contributed by atoms with Gasteiger partial charge < -0.3 is 9.80 Å². The first-order valence-corrected chi connectivity index (χ1v) is 12.0. The van der Waals surface area contributed by atoms with E-state index < -0.39 is 0 Å². The van der Waals surface area contributed by atoms with Crippen molar-refractivity contribution in [1.82, 2.24) is 14.9 Å². The molecular formula is C28H27ClN4O. The quantitative estimate of drug-likeness (QED) is 0.397. The molecule has 0 N–H and O–H groups in total. The van der Waals surface area contributed by atoms with E-state index in [0.29, 0.717) is 19.5 Å². The van der Waals surface area contributed by atoms with Crippen molar-refractivity contribution in [2.45, 2.75) is 20.3 Å². The average molecular weight is 471 g/mol. The minimum atomic E-state index is 0.0803. The molecular weight excluding hydrogens is 444 g/mol. The largest absolute Gasteiger partial charge is 0.353 e. The van der Waals surface area contributed by atoms with Crippen LogP contribution in [0.1, 0.15) is 33.0 Å². The van der Waals surface area contributed by atoms with Gasteiger partial charge in [-0.05, 0) is 48.4 Å². The maximum atomic E-state index is 13.2. The molecule has 0 bridgehead atoms. The Bertz CT molecular complexity index is 1360. The van der Waals surface area contributed by atoms with Crippen molar-refractivity contribution >= 4 is 34.1 Å². The van der Waals surface area contributed by atoms with Gasteiger partial charge in [-0.1, -0.05) is 60.1 Å². The lowest BCUT2D eigenvalue weighted by Gasteiger charge is -2.36. The third kappa shape index (κ3) is 4.48. The predicted molar refractivity (Wildman–Crippen MR) is 138 cm³/mol. The number of hydrogen-bond donors (Lipinski definition) is 0. The number of amides is 1. The number of piperazine rings is 1. The first kappa shape index (κ1) is 22.4. The summed E-state index contributed by atoms with van der Waals surface area (Å²) in [5.74, 6) is 1.78. The Balaban J connectivity index is 1.35. The molecule has 3 aromatic carbocycles. The summed E-state index contributed by atoms with van der Waals surface area (Å²) in [6.45, 7) is 6.72. The Morgan fingerprint density at radius 3 is 2.35 bits per heavy atom. The molecule has 5 rings (SSSR count). The van der Waals surface area contributed by atoms with Crippen LogP contribution in [0.5, 0.6) is 0 Å². The molecule has 1 aromatic heterocycles. The normalized spacial score (nSPS) is 14.0. The van der Waals surface area contributed by atoms with Crippen LogP contribution in [-0.2, 0) is 6.42 Å². The Morgan fingerprint density at radius 1 is 0.882 bits per heavy atom. The van der Waals surface area contributed by atoms with Gasteiger partial charge in [-0.15, -0.1) is 0 Å². The molecule has 0 aliphatic carbocycles. The van der Waals surface area contributed by atoms with Crippen LogP contribution in [0.3, 0.4) is 0 Å². The molecule has 172 valence electrons. The summed E-state index contributed by atoms with van der Waals surface area (Å²) in [5.41, 5.74) is 3.86. The zero-order valence-corrected chi connectivity index (χ0v) is 20.2. The van der Waals surface area contributed by atoms with Gasteiger partial charge in [-0.2, -0.15) is 0 Å². The van der Waals surface area contributed by atoms with Gasteiger partial charge >= 0.3 is 0 Å². The number of carbonyl (C=O) groups excluding carboxylic acids is 1. The minimum Gasteiger partial charge on any atom is -0.353 e. The maximum Gasteiger partial charge on any atom is 0.253 e. The van der Waals surface area contributed by atoms with Gasteiger partial charge in [0.05, 0.1) is 0 Å². The van der Waals surface area contributed by atoms with Crippen LogP contribution >= 0.6 is 11.6 Å². The van der Waals surface area contributed by atoms with Gasteiger partial charge in [0, 0.05) is 54.4 Å². The van der Waals surface area contributed by atoms with Crippen LogP contribution in [-0.4, -0.2) is 47.0 Å². The number of hydrogen-bond acceptors (Lipinski definition) is 4. The van der Waals surface area contributed by atoms with E-state index >= 15 is 0 Å². The number of aromatic nitrogens is 2. The SMILES string of the molecule is Cc1nc(C)c(Cc2ccccc2Cl)c(N2CCN(C(=O)c3ccc4ccccc4c3)CC2)n1. The molecule has 1 fully saturated rings. The van der Waals surface area contributed by atoms with Crippen LogP contribution in [0.4, 0.5) is 5.82 Å². The number of benzene rings is 3. The first-order valence-electron chi connectivity index (χ1n) is 11.6. The standard InChI is InChI=1S/C28H27ClN4O/c1-19-25(18-23-9-5-6-10-26(23)29)27(31-20(2)30-19)32-13-15-33(16-14-32)28(34)24-12-11-21-7-3-4-8-22(21)17-24/h3-12,17H,13-16,18H2,1-2H3. The molecule has 0 atom stereocenters. The van der Waals surface area contributed by atoms with E-state index in [1.54, 1.807) is 0 Å². The van der Waals surface area contributed by atoms with Gasteiger partial charge in [-0.3, -0.25) is 4.79 Å². The highest BCUT2D eigenvalue weighted by atomic mass is 35.5. The molecule has 0 unspecified atom stereocenters. The topological polar surface area (TPSA) is 49.3 Å². The smallest absolute Gasteiger partial charge is 0.253 e. The van der Waals surface area contributed by atoms with Gasteiger partial charge in [-0.25, -0.2) is 9.97 Å². The fraction of sp³-hybridized carbons (Fsp3) is 0.250. The van der Waals surface area contributed by atoms with Gasteiger partial charge in [0.1, 0.15) is 11.6 Å². The fourth-order valence-corrected chi connectivity index (χ4v) is 4.85. The van der Waals surface area contributed by atoms with Crippen LogP contribution < -0.4 is 4.90 Å². The minimum absolute atomic E-state index is 0.0803. The van der Waals surface area contributed by atoms with Crippen molar-refractivity contribution in [2.24, 2.45) is 0 Å². The lowest BCUT2D eigenvalue weighted by molar-refractivity contribution is 0.0746. The molecule has 34 heavy (non-hydrogen) atoms. The summed E-state index contributed by atoms with van der Waals surface area (Å²) in [6.07, 6.45) is 0.678. The third-order valence-corrected chi connectivity index (χ3v) is 6.86. The van der Waals surface area contributed by atoms with Crippen molar-refractivity contribution < 1.29 is 4.79 Å². The molecule has 0 radical (unpaired) electrons. The molecule has 0 saturated carbocycles. The van der Waals surface area contributed by atoms with Crippen LogP contribution in [0.15, 0.2) is 66.7 Å². The van der Waals surface area contributed by atoms with Crippen LogP contribution in [0.2, 0.25) is 5.02 Å². The lowest BCUT2D eigenvalue weighted by Crippen LogP contribution is -2.49. The van der Waals surface area contributed by atoms with Gasteiger partial charge in [0.2, 0.25) is 0 Å². The molecule has 0 spiro atoms. The molecule has 2 heterocycles. The predicted octanol–water partition coefficient (Wildman–Crippen LogP) is 5.45. The second-order valence-corrected chi connectivity index (χ2v) is 9.17. The van der Waals surface area contributed by atoms with E-state index in [1.165, 1.54) is 0 Å². The second-order valence-electron chi connectivity index (χ2n) is 8.77. The third-order valence-electron chi connectivity index (χ3n) is 6.49. The molecule has 1 amide bonds. The Hall–Kier alpha value is -3.44. The summed E-state index contributed by atoms with van der Waals surface area (Å²) < 4.78 is 0. The maximum absolute atomic E-state index is 13.2. The fourth-order valence-electron chi connectivity index (χ4n) is 4.64. The summed E-state index contributed by atoms with van der Waals surface area (Å²) in [7, 11) is 0. The van der Waals surface area contributed by atoms with Crippen molar-refractivity contribution in [3.05, 3.63) is 100.0 Å². The number of carbonyl (C=O) groups is 1. The van der Waals surface area contributed by atoms with Crippen LogP contribution in [0.25, 0.3) is 10.8 Å². The highest BCUT2D eigenvalue weighted by Crippen LogP contribution is 2.28. The van der Waals surface area contributed by atoms with Gasteiger partial charge in [0.25, 0.3) is 5.91 Å². The monoisotopic (exact) mass is 470 g/mol. The molecule has 1 saturated heterocycles. The summed E-state index contributed by atoms with van der Waals surface area (Å²) in [4.78, 5) is 26.9. The summed E-state index contributed by atoms with van der Waals surface area (Å²) in [5, 5.41) is 2.98. The number of halogens is 1. The van der Waals surface area contributed by atoms with E-state index in [4.69, 9.17) is 16.6 Å². The molecule has 4 aromatic rings. The molecule has 1 aliphatic heterocycles. The van der Waals surface area contributed by atoms with E-state index in [9.17, 15) is 4.79 Å². The number of anilines is 1. The highest BCUT2D eigenvalue weighted by Gasteiger charge is 2.25. The lowest BCUT2D eigenvalue weighted by atomic mass is 10.0. The van der Waals surface area contributed by atoms with E-state index in [2.05, 4.69) is 16.0 Å². The Morgan fingerprint density at radius 2 is 1.59 bits per heavy atom. The van der Waals surface area contributed by atoms with Crippen molar-refractivity contribution in [3.8, 4) is 0 Å². The number of fused-ring (bicyclic) bond motifs is 1. The molecule has 1 aliphatic rings. The number of aryl methyl sites for hydroxylation is 2. The van der Waals surface area contributed by atoms with E-state index in [0.717, 1.165) is 62.9 Å². The van der Waals surface area contributed by atoms with Crippen molar-refractivity contribution in [3.63, 3.8) is 0 Å².